The third kappa shape index (κ3) is 3.18. The molecule has 2 bridgehead atoms. The van der Waals surface area contributed by atoms with Crippen molar-refractivity contribution in [2.24, 2.45) is 11.8 Å². The molecule has 5 rings (SSSR count). The zero-order valence-corrected chi connectivity index (χ0v) is 14.7. The normalized spacial score (nSPS) is 33.7. The van der Waals surface area contributed by atoms with Crippen LogP contribution in [0.25, 0.3) is 0 Å². The summed E-state index contributed by atoms with van der Waals surface area (Å²) in [6, 6.07) is 10.7. The highest BCUT2D eigenvalue weighted by atomic mass is 35.5. The van der Waals surface area contributed by atoms with Crippen LogP contribution in [0.4, 0.5) is 0 Å². The topological polar surface area (TPSA) is 12.5 Å². The van der Waals surface area contributed by atoms with Crippen LogP contribution in [-0.2, 0) is 9.61 Å². The van der Waals surface area contributed by atoms with Gasteiger partial charge in [-0.15, -0.1) is 11.6 Å². The Balaban J connectivity index is 1.49. The number of nitrogens with zero attached hydrogens (tertiary/aromatic N) is 1. The molecule has 0 aromatic heterocycles. The zero-order valence-electron chi connectivity index (χ0n) is 13.9. The van der Waals surface area contributed by atoms with Gasteiger partial charge >= 0.3 is 0 Å². The maximum Gasteiger partial charge on any atom is 0.0955 e. The molecule has 3 heterocycles. The van der Waals surface area contributed by atoms with Gasteiger partial charge in [-0.25, -0.2) is 0 Å². The maximum atomic E-state index is 7.25. The molecule has 0 amide bonds. The van der Waals surface area contributed by atoms with E-state index in [0.29, 0.717) is 18.6 Å². The van der Waals surface area contributed by atoms with E-state index in [0.717, 1.165) is 12.5 Å². The van der Waals surface area contributed by atoms with Crippen molar-refractivity contribution in [1.29, 1.82) is 0 Å². The van der Waals surface area contributed by atoms with E-state index in [4.69, 9.17) is 16.3 Å². The van der Waals surface area contributed by atoms with Gasteiger partial charge < -0.3 is 9.64 Å². The molecule has 3 aliphatic heterocycles. The Hall–Kier alpha value is -0.570. The van der Waals surface area contributed by atoms with E-state index >= 15 is 0 Å². The SMILES string of the molecule is ClC(COC1CN2CCC1CC2)(c1ccccc1)C1CCCC1. The molecule has 0 radical (unpaired) electrons. The lowest BCUT2D eigenvalue weighted by molar-refractivity contribution is -0.0804. The van der Waals surface area contributed by atoms with E-state index in [9.17, 15) is 0 Å². The smallest absolute Gasteiger partial charge is 0.0955 e. The van der Waals surface area contributed by atoms with Gasteiger partial charge in [0, 0.05) is 6.54 Å². The van der Waals surface area contributed by atoms with Crippen LogP contribution < -0.4 is 0 Å². The van der Waals surface area contributed by atoms with E-state index in [1.807, 2.05) is 0 Å². The predicted octanol–water partition coefficient (Wildman–Crippen LogP) is 4.42. The van der Waals surface area contributed by atoms with Gasteiger partial charge in [-0.1, -0.05) is 43.2 Å². The molecule has 4 aliphatic rings. The molecule has 2 unspecified atom stereocenters. The Bertz CT molecular complexity index is 508. The number of hydrogen-bond acceptors (Lipinski definition) is 2. The van der Waals surface area contributed by atoms with E-state index in [-0.39, 0.29) is 4.87 Å². The average Bonchev–Trinajstić information content (AvgIpc) is 3.17. The van der Waals surface area contributed by atoms with Gasteiger partial charge in [-0.2, -0.15) is 0 Å². The lowest BCUT2D eigenvalue weighted by atomic mass is 9.83. The minimum atomic E-state index is -0.343. The number of alkyl halides is 1. The molecular formula is C20H28ClNO. The largest absolute Gasteiger partial charge is 0.374 e. The van der Waals surface area contributed by atoms with Crippen molar-refractivity contribution in [2.45, 2.75) is 49.5 Å². The molecule has 1 aromatic carbocycles. The first-order chi connectivity index (χ1) is 11.3. The summed E-state index contributed by atoms with van der Waals surface area (Å²) in [6.45, 7) is 4.30. The molecule has 1 aliphatic carbocycles. The minimum Gasteiger partial charge on any atom is -0.374 e. The standard InChI is InChI=1S/C20H28ClNO/c21-20(18-8-4-5-9-18,17-6-2-1-3-7-17)15-23-19-14-22-12-10-16(19)11-13-22/h1-3,6-7,16,18-19H,4-5,8-15H2. The summed E-state index contributed by atoms with van der Waals surface area (Å²) in [5, 5.41) is 0. The van der Waals surface area contributed by atoms with Crippen molar-refractivity contribution in [3.05, 3.63) is 35.9 Å². The van der Waals surface area contributed by atoms with Gasteiger partial charge in [0.1, 0.15) is 0 Å². The van der Waals surface area contributed by atoms with E-state index in [1.54, 1.807) is 0 Å². The molecule has 1 aromatic rings. The van der Waals surface area contributed by atoms with E-state index in [1.165, 1.54) is 57.2 Å². The van der Waals surface area contributed by atoms with E-state index < -0.39 is 0 Å². The van der Waals surface area contributed by atoms with Gasteiger partial charge in [-0.3, -0.25) is 0 Å². The van der Waals surface area contributed by atoms with Crippen molar-refractivity contribution in [3.63, 3.8) is 0 Å². The summed E-state index contributed by atoms with van der Waals surface area (Å²) in [4.78, 5) is 2.21. The fraction of sp³-hybridized carbons (Fsp3) is 0.700. The van der Waals surface area contributed by atoms with Crippen LogP contribution in [0.15, 0.2) is 30.3 Å². The second kappa shape index (κ2) is 6.74. The summed E-state index contributed by atoms with van der Waals surface area (Å²) in [5.74, 6) is 1.30. The van der Waals surface area contributed by atoms with Gasteiger partial charge in [0.25, 0.3) is 0 Å². The lowest BCUT2D eigenvalue weighted by Gasteiger charge is -2.45. The predicted molar refractivity (Wildman–Crippen MR) is 94.8 cm³/mol. The van der Waals surface area contributed by atoms with Crippen LogP contribution in [0.2, 0.25) is 0 Å². The first-order valence-corrected chi connectivity index (χ1v) is 9.72. The number of ether oxygens (including phenoxy) is 1. The molecule has 1 saturated carbocycles. The van der Waals surface area contributed by atoms with Crippen LogP contribution in [0.1, 0.15) is 44.1 Å². The zero-order chi connectivity index (χ0) is 15.7. The Labute approximate surface area is 145 Å². The van der Waals surface area contributed by atoms with Crippen LogP contribution in [-0.4, -0.2) is 37.2 Å². The molecular weight excluding hydrogens is 306 g/mol. The molecule has 2 atom stereocenters. The number of piperidine rings is 3. The highest BCUT2D eigenvalue weighted by Gasteiger charge is 2.42. The van der Waals surface area contributed by atoms with Crippen LogP contribution in [0.5, 0.6) is 0 Å². The first kappa shape index (κ1) is 15.9. The summed E-state index contributed by atoms with van der Waals surface area (Å²) < 4.78 is 6.48. The summed E-state index contributed by atoms with van der Waals surface area (Å²) in [7, 11) is 0. The molecule has 3 heteroatoms. The van der Waals surface area contributed by atoms with Gasteiger partial charge in [0.2, 0.25) is 0 Å². The Kier molecular flexibility index (Phi) is 4.67. The number of hydrogen-bond donors (Lipinski definition) is 0. The Morgan fingerprint density at radius 2 is 1.74 bits per heavy atom. The Morgan fingerprint density at radius 1 is 1.04 bits per heavy atom. The fourth-order valence-corrected chi connectivity index (χ4v) is 5.27. The minimum absolute atomic E-state index is 0.343. The summed E-state index contributed by atoms with van der Waals surface area (Å²) >= 11 is 7.25. The molecule has 0 N–H and O–H groups in total. The number of rotatable bonds is 5. The second-order valence-electron chi connectivity index (χ2n) is 7.70. The fourth-order valence-electron chi connectivity index (χ4n) is 4.86. The number of benzene rings is 1. The van der Waals surface area contributed by atoms with Crippen LogP contribution >= 0.6 is 11.6 Å². The molecule has 23 heavy (non-hydrogen) atoms. The first-order valence-electron chi connectivity index (χ1n) is 9.34. The van der Waals surface area contributed by atoms with Crippen LogP contribution in [0.3, 0.4) is 0 Å². The molecule has 0 spiro atoms. The summed E-state index contributed by atoms with van der Waals surface area (Å²) in [6.07, 6.45) is 8.09. The summed E-state index contributed by atoms with van der Waals surface area (Å²) in [5.41, 5.74) is 1.25. The van der Waals surface area contributed by atoms with Crippen LogP contribution in [0, 0.1) is 11.8 Å². The third-order valence-electron chi connectivity index (χ3n) is 6.36. The second-order valence-corrected chi connectivity index (χ2v) is 8.37. The number of fused-ring (bicyclic) bond motifs is 3. The highest BCUT2D eigenvalue weighted by molar-refractivity contribution is 6.24. The van der Waals surface area contributed by atoms with Crippen molar-refractivity contribution < 1.29 is 4.74 Å². The average molecular weight is 334 g/mol. The quantitative estimate of drug-likeness (QED) is 0.739. The van der Waals surface area contributed by atoms with Crippen molar-refractivity contribution in [2.75, 3.05) is 26.2 Å². The maximum absolute atomic E-state index is 7.25. The van der Waals surface area contributed by atoms with E-state index in [2.05, 4.69) is 35.2 Å². The molecule has 2 nitrogen and oxygen atoms in total. The third-order valence-corrected chi connectivity index (χ3v) is 7.00. The monoisotopic (exact) mass is 333 g/mol. The Morgan fingerprint density at radius 3 is 2.35 bits per heavy atom. The van der Waals surface area contributed by atoms with Crippen molar-refractivity contribution >= 4 is 11.6 Å². The van der Waals surface area contributed by atoms with Crippen molar-refractivity contribution in [3.8, 4) is 0 Å². The lowest BCUT2D eigenvalue weighted by Crippen LogP contribution is -2.52. The van der Waals surface area contributed by atoms with Crippen molar-refractivity contribution in [1.82, 2.24) is 4.90 Å². The van der Waals surface area contributed by atoms with Gasteiger partial charge in [-0.05, 0) is 56.2 Å². The highest BCUT2D eigenvalue weighted by Crippen LogP contribution is 2.46. The number of halogens is 1. The molecule has 4 fully saturated rings. The van der Waals surface area contributed by atoms with Gasteiger partial charge in [0.15, 0.2) is 0 Å². The molecule has 126 valence electrons. The van der Waals surface area contributed by atoms with Gasteiger partial charge in [0.05, 0.1) is 17.6 Å². The molecule has 3 saturated heterocycles.